The van der Waals surface area contributed by atoms with Gasteiger partial charge in [0.05, 0.1) is 12.8 Å². The number of aromatic nitrogens is 1. The van der Waals surface area contributed by atoms with Crippen molar-refractivity contribution in [2.75, 3.05) is 6.61 Å². The Balaban J connectivity index is 1.98. The molecule has 0 aliphatic heterocycles. The van der Waals surface area contributed by atoms with E-state index in [0.29, 0.717) is 18.1 Å². The number of hydrogen-bond acceptors (Lipinski definition) is 4. The largest absolute Gasteiger partial charge is 0.463 e. The van der Waals surface area contributed by atoms with Crippen molar-refractivity contribution in [3.63, 3.8) is 0 Å². The van der Waals surface area contributed by atoms with Crippen LogP contribution in [0.5, 0.6) is 11.5 Å². The van der Waals surface area contributed by atoms with Crippen LogP contribution in [0.3, 0.4) is 0 Å². The number of benzene rings is 1. The SMILES string of the molecule is CCOC(=O)/C=C/c1ccc(Oc2cccnc2)cc1. The Morgan fingerprint density at radius 3 is 2.65 bits per heavy atom. The topological polar surface area (TPSA) is 48.4 Å². The molecule has 4 heteroatoms. The molecule has 1 aromatic heterocycles. The lowest BCUT2D eigenvalue weighted by Gasteiger charge is -2.04. The van der Waals surface area contributed by atoms with Gasteiger partial charge in [-0.3, -0.25) is 4.98 Å². The molecule has 0 amide bonds. The van der Waals surface area contributed by atoms with Crippen molar-refractivity contribution >= 4 is 12.0 Å². The molecule has 0 fully saturated rings. The van der Waals surface area contributed by atoms with E-state index in [1.165, 1.54) is 6.08 Å². The Morgan fingerprint density at radius 2 is 2.00 bits per heavy atom. The van der Waals surface area contributed by atoms with Crippen LogP contribution in [0.15, 0.2) is 54.9 Å². The van der Waals surface area contributed by atoms with Gasteiger partial charge >= 0.3 is 5.97 Å². The highest BCUT2D eigenvalue weighted by Gasteiger charge is 1.97. The van der Waals surface area contributed by atoms with E-state index in [0.717, 1.165) is 5.56 Å². The van der Waals surface area contributed by atoms with Crippen LogP contribution < -0.4 is 4.74 Å². The molecule has 0 unspecified atom stereocenters. The Kier molecular flexibility index (Phi) is 4.89. The van der Waals surface area contributed by atoms with Crippen LogP contribution in [0.1, 0.15) is 12.5 Å². The van der Waals surface area contributed by atoms with E-state index < -0.39 is 0 Å². The summed E-state index contributed by atoms with van der Waals surface area (Å²) in [5.74, 6) is 1.05. The third-order valence-corrected chi connectivity index (χ3v) is 2.45. The normalized spacial score (nSPS) is 10.4. The summed E-state index contributed by atoms with van der Waals surface area (Å²) >= 11 is 0. The number of esters is 1. The lowest BCUT2D eigenvalue weighted by Crippen LogP contribution is -1.98. The first-order chi connectivity index (χ1) is 9.78. The summed E-state index contributed by atoms with van der Waals surface area (Å²) in [6.45, 7) is 2.15. The Morgan fingerprint density at radius 1 is 1.20 bits per heavy atom. The van der Waals surface area contributed by atoms with E-state index in [2.05, 4.69) is 4.98 Å². The van der Waals surface area contributed by atoms with Crippen molar-refractivity contribution in [1.82, 2.24) is 4.98 Å². The smallest absolute Gasteiger partial charge is 0.330 e. The molecule has 2 rings (SSSR count). The summed E-state index contributed by atoms with van der Waals surface area (Å²) in [5.41, 5.74) is 0.900. The Hall–Kier alpha value is -2.62. The number of carbonyl (C=O) groups is 1. The van der Waals surface area contributed by atoms with Gasteiger partial charge < -0.3 is 9.47 Å². The third kappa shape index (κ3) is 4.24. The molecule has 4 nitrogen and oxygen atoms in total. The maximum Gasteiger partial charge on any atom is 0.330 e. The molecule has 102 valence electrons. The highest BCUT2D eigenvalue weighted by Crippen LogP contribution is 2.20. The fraction of sp³-hybridized carbons (Fsp3) is 0.125. The molecule has 0 saturated carbocycles. The molecule has 1 heterocycles. The summed E-state index contributed by atoms with van der Waals surface area (Å²) in [4.78, 5) is 15.2. The fourth-order valence-corrected chi connectivity index (χ4v) is 1.55. The van der Waals surface area contributed by atoms with Crippen LogP contribution in [0.25, 0.3) is 6.08 Å². The van der Waals surface area contributed by atoms with Gasteiger partial charge in [0.1, 0.15) is 11.5 Å². The van der Waals surface area contributed by atoms with E-state index in [-0.39, 0.29) is 5.97 Å². The quantitative estimate of drug-likeness (QED) is 0.616. The van der Waals surface area contributed by atoms with Crippen LogP contribution in [-0.4, -0.2) is 17.6 Å². The van der Waals surface area contributed by atoms with E-state index in [9.17, 15) is 4.79 Å². The minimum atomic E-state index is -0.344. The molecule has 0 spiro atoms. The van der Waals surface area contributed by atoms with Crippen LogP contribution in [0.4, 0.5) is 0 Å². The monoisotopic (exact) mass is 269 g/mol. The van der Waals surface area contributed by atoms with Crippen LogP contribution >= 0.6 is 0 Å². The molecule has 0 aliphatic rings. The molecule has 1 aromatic carbocycles. The van der Waals surface area contributed by atoms with Gasteiger partial charge in [0.25, 0.3) is 0 Å². The highest BCUT2D eigenvalue weighted by atomic mass is 16.5. The number of nitrogens with zero attached hydrogens (tertiary/aromatic N) is 1. The zero-order chi connectivity index (χ0) is 14.2. The fourth-order valence-electron chi connectivity index (χ4n) is 1.55. The van der Waals surface area contributed by atoms with Crippen LogP contribution in [0.2, 0.25) is 0 Å². The van der Waals surface area contributed by atoms with E-state index in [1.807, 2.05) is 36.4 Å². The van der Waals surface area contributed by atoms with E-state index in [4.69, 9.17) is 9.47 Å². The van der Waals surface area contributed by atoms with E-state index in [1.54, 1.807) is 25.4 Å². The van der Waals surface area contributed by atoms with Crippen molar-refractivity contribution in [1.29, 1.82) is 0 Å². The lowest BCUT2D eigenvalue weighted by molar-refractivity contribution is -0.137. The lowest BCUT2D eigenvalue weighted by atomic mass is 10.2. The number of hydrogen-bond donors (Lipinski definition) is 0. The van der Waals surface area contributed by atoms with Gasteiger partial charge in [0.15, 0.2) is 0 Å². The minimum absolute atomic E-state index is 0.344. The summed E-state index contributed by atoms with van der Waals surface area (Å²) < 4.78 is 10.4. The highest BCUT2D eigenvalue weighted by molar-refractivity contribution is 5.87. The maximum atomic E-state index is 11.2. The van der Waals surface area contributed by atoms with Crippen molar-refractivity contribution in [2.45, 2.75) is 6.92 Å². The zero-order valence-electron chi connectivity index (χ0n) is 11.2. The van der Waals surface area contributed by atoms with Crippen LogP contribution in [0, 0.1) is 0 Å². The average molecular weight is 269 g/mol. The van der Waals surface area contributed by atoms with Gasteiger partial charge in [-0.2, -0.15) is 0 Å². The summed E-state index contributed by atoms with van der Waals surface area (Å²) in [7, 11) is 0. The number of rotatable bonds is 5. The zero-order valence-corrected chi connectivity index (χ0v) is 11.2. The van der Waals surface area contributed by atoms with Crippen molar-refractivity contribution < 1.29 is 14.3 Å². The van der Waals surface area contributed by atoms with Gasteiger partial charge in [-0.05, 0) is 42.8 Å². The Bertz CT molecular complexity index is 576. The predicted octanol–water partition coefficient (Wildman–Crippen LogP) is 3.45. The summed E-state index contributed by atoms with van der Waals surface area (Å²) in [5, 5.41) is 0. The molecule has 0 saturated heterocycles. The molecule has 0 radical (unpaired) electrons. The number of ether oxygens (including phenoxy) is 2. The minimum Gasteiger partial charge on any atom is -0.463 e. The first kappa shape index (κ1) is 13.8. The average Bonchev–Trinajstić information content (AvgIpc) is 2.48. The third-order valence-electron chi connectivity index (χ3n) is 2.45. The molecular weight excluding hydrogens is 254 g/mol. The first-order valence-electron chi connectivity index (χ1n) is 6.30. The Labute approximate surface area is 117 Å². The molecule has 0 atom stereocenters. The molecule has 0 bridgehead atoms. The van der Waals surface area contributed by atoms with E-state index >= 15 is 0 Å². The van der Waals surface area contributed by atoms with Gasteiger partial charge in [0.2, 0.25) is 0 Å². The standard InChI is InChI=1S/C16H15NO3/c1-2-19-16(18)10-7-13-5-8-14(9-6-13)20-15-4-3-11-17-12-15/h3-12H,2H2,1H3/b10-7+. The van der Waals surface area contributed by atoms with Crippen molar-refractivity contribution in [2.24, 2.45) is 0 Å². The van der Waals surface area contributed by atoms with Gasteiger partial charge in [-0.1, -0.05) is 12.1 Å². The molecule has 0 aliphatic carbocycles. The second kappa shape index (κ2) is 7.09. The second-order valence-corrected chi connectivity index (χ2v) is 3.95. The summed E-state index contributed by atoms with van der Waals surface area (Å²) in [6, 6.07) is 11.0. The molecule has 2 aromatic rings. The summed E-state index contributed by atoms with van der Waals surface area (Å²) in [6.07, 6.45) is 6.44. The van der Waals surface area contributed by atoms with Crippen LogP contribution in [-0.2, 0) is 9.53 Å². The molecular formula is C16H15NO3. The molecule has 0 N–H and O–H groups in total. The van der Waals surface area contributed by atoms with Gasteiger partial charge in [-0.15, -0.1) is 0 Å². The first-order valence-corrected chi connectivity index (χ1v) is 6.30. The van der Waals surface area contributed by atoms with Gasteiger partial charge in [0, 0.05) is 12.3 Å². The van der Waals surface area contributed by atoms with Gasteiger partial charge in [-0.25, -0.2) is 4.79 Å². The maximum absolute atomic E-state index is 11.2. The van der Waals surface area contributed by atoms with Crippen molar-refractivity contribution in [3.05, 3.63) is 60.4 Å². The second-order valence-electron chi connectivity index (χ2n) is 3.95. The molecule has 20 heavy (non-hydrogen) atoms. The van der Waals surface area contributed by atoms with Crippen molar-refractivity contribution in [3.8, 4) is 11.5 Å². The number of carbonyl (C=O) groups excluding carboxylic acids is 1. The predicted molar refractivity (Wildman–Crippen MR) is 76.4 cm³/mol. The number of pyridine rings is 1.